The molecule has 0 aliphatic carbocycles. The first-order valence-corrected chi connectivity index (χ1v) is 6.05. The summed E-state index contributed by atoms with van der Waals surface area (Å²) in [6.45, 7) is 2.04. The van der Waals surface area contributed by atoms with E-state index >= 15 is 0 Å². The van der Waals surface area contributed by atoms with Gasteiger partial charge in [-0.1, -0.05) is 11.6 Å². The normalized spacial score (nSPS) is 10.3. The van der Waals surface area contributed by atoms with Crippen LogP contribution in [0.4, 0.5) is 0 Å². The molecule has 0 saturated carbocycles. The summed E-state index contributed by atoms with van der Waals surface area (Å²) in [5, 5.41) is 15.6. The molecule has 0 heterocycles. The van der Waals surface area contributed by atoms with Gasteiger partial charge in [-0.3, -0.25) is 9.59 Å². The Balaban J connectivity index is 2.74. The van der Waals surface area contributed by atoms with Gasteiger partial charge in [0.1, 0.15) is 0 Å². The van der Waals surface area contributed by atoms with Crippen LogP contribution in [0.3, 0.4) is 0 Å². The number of ether oxygens (including phenoxy) is 1. The van der Waals surface area contributed by atoms with Gasteiger partial charge in [-0.05, 0) is 24.6 Å². The van der Waals surface area contributed by atoms with Crippen LogP contribution in [0.5, 0.6) is 11.5 Å². The zero-order valence-electron chi connectivity index (χ0n) is 10.9. The average molecular weight is 300 g/mol. The Morgan fingerprint density at radius 3 is 2.75 bits per heavy atom. The third kappa shape index (κ3) is 4.13. The fourth-order valence-corrected chi connectivity index (χ4v) is 1.50. The van der Waals surface area contributed by atoms with Gasteiger partial charge < -0.3 is 15.2 Å². The molecule has 20 heavy (non-hydrogen) atoms. The van der Waals surface area contributed by atoms with Crippen LogP contribution in [0.15, 0.2) is 17.2 Å². The van der Waals surface area contributed by atoms with E-state index in [-0.39, 0.29) is 16.5 Å². The number of carbonyl (C=O) groups excluding carboxylic acids is 2. The maximum atomic E-state index is 11.2. The van der Waals surface area contributed by atoms with Gasteiger partial charge in [0, 0.05) is 6.54 Å². The van der Waals surface area contributed by atoms with Crippen molar-refractivity contribution in [1.82, 2.24) is 10.7 Å². The van der Waals surface area contributed by atoms with Gasteiger partial charge in [0.25, 0.3) is 0 Å². The molecule has 7 nitrogen and oxygen atoms in total. The first-order valence-electron chi connectivity index (χ1n) is 5.67. The fourth-order valence-electron chi connectivity index (χ4n) is 1.28. The highest BCUT2D eigenvalue weighted by Gasteiger charge is 2.11. The van der Waals surface area contributed by atoms with Crippen molar-refractivity contribution in [1.29, 1.82) is 0 Å². The molecule has 1 aromatic carbocycles. The van der Waals surface area contributed by atoms with Gasteiger partial charge in [-0.25, -0.2) is 5.43 Å². The van der Waals surface area contributed by atoms with Crippen molar-refractivity contribution in [2.45, 2.75) is 6.92 Å². The molecular weight excluding hydrogens is 286 g/mol. The van der Waals surface area contributed by atoms with Crippen LogP contribution in [0.25, 0.3) is 0 Å². The van der Waals surface area contributed by atoms with Crippen molar-refractivity contribution in [3.8, 4) is 11.5 Å². The van der Waals surface area contributed by atoms with E-state index in [1.54, 1.807) is 6.92 Å². The Hall–Kier alpha value is -2.28. The Kier molecular flexibility index (Phi) is 5.79. The maximum absolute atomic E-state index is 11.2. The molecule has 0 saturated heterocycles. The smallest absolute Gasteiger partial charge is 0.329 e. The highest BCUT2D eigenvalue weighted by Crippen LogP contribution is 2.34. The van der Waals surface area contributed by atoms with Gasteiger partial charge in [0.2, 0.25) is 0 Å². The zero-order chi connectivity index (χ0) is 15.1. The van der Waals surface area contributed by atoms with E-state index in [9.17, 15) is 14.7 Å². The molecule has 108 valence electrons. The molecular formula is C12H14ClN3O4. The largest absolute Gasteiger partial charge is 0.503 e. The molecule has 0 fully saturated rings. The Bertz CT molecular complexity index is 546. The number of hydrazone groups is 1. The summed E-state index contributed by atoms with van der Waals surface area (Å²) in [4.78, 5) is 22.4. The lowest BCUT2D eigenvalue weighted by molar-refractivity contribution is -0.139. The van der Waals surface area contributed by atoms with Gasteiger partial charge >= 0.3 is 11.8 Å². The number of nitrogens with zero attached hydrogens (tertiary/aromatic N) is 1. The number of hydrogen-bond acceptors (Lipinski definition) is 5. The second kappa shape index (κ2) is 7.34. The van der Waals surface area contributed by atoms with Gasteiger partial charge in [-0.2, -0.15) is 5.10 Å². The summed E-state index contributed by atoms with van der Waals surface area (Å²) in [5.41, 5.74) is 2.55. The second-order valence-corrected chi connectivity index (χ2v) is 4.02. The van der Waals surface area contributed by atoms with Crippen molar-refractivity contribution < 1.29 is 19.4 Å². The zero-order valence-corrected chi connectivity index (χ0v) is 11.7. The van der Waals surface area contributed by atoms with Crippen molar-refractivity contribution in [2.24, 2.45) is 5.10 Å². The standard InChI is InChI=1S/C12H14ClN3O4/c1-3-14-11(18)12(19)16-15-6-7-4-8(13)10(17)9(5-7)20-2/h4-6,17H,3H2,1-2H3,(H,14,18)(H,16,19)/b15-6-. The van der Waals surface area contributed by atoms with Crippen LogP contribution in [0.1, 0.15) is 12.5 Å². The quantitative estimate of drug-likeness (QED) is 0.431. The summed E-state index contributed by atoms with van der Waals surface area (Å²) in [5.74, 6) is -1.66. The predicted molar refractivity (Wildman–Crippen MR) is 74.1 cm³/mol. The van der Waals surface area contributed by atoms with Crippen molar-refractivity contribution in [3.63, 3.8) is 0 Å². The number of phenols is 1. The van der Waals surface area contributed by atoms with E-state index in [0.717, 1.165) is 0 Å². The number of likely N-dealkylation sites (N-methyl/N-ethyl adjacent to an activating group) is 1. The number of benzene rings is 1. The molecule has 0 unspecified atom stereocenters. The molecule has 1 rings (SSSR count). The van der Waals surface area contributed by atoms with Crippen LogP contribution in [-0.4, -0.2) is 36.8 Å². The summed E-state index contributed by atoms with van der Waals surface area (Å²) >= 11 is 5.79. The number of nitrogens with one attached hydrogen (secondary N) is 2. The molecule has 2 amide bonds. The summed E-state index contributed by atoms with van der Waals surface area (Å²) in [6, 6.07) is 2.91. The number of carbonyl (C=O) groups is 2. The molecule has 0 aliphatic heterocycles. The molecule has 1 aromatic rings. The molecule has 0 atom stereocenters. The summed E-state index contributed by atoms with van der Waals surface area (Å²) < 4.78 is 4.92. The summed E-state index contributed by atoms with van der Waals surface area (Å²) in [6.07, 6.45) is 1.27. The SMILES string of the molecule is CCNC(=O)C(=O)N/N=C\c1cc(Cl)c(O)c(OC)c1. The average Bonchev–Trinajstić information content (AvgIpc) is 2.42. The van der Waals surface area contributed by atoms with E-state index in [0.29, 0.717) is 12.1 Å². The second-order valence-electron chi connectivity index (χ2n) is 3.61. The number of methoxy groups -OCH3 is 1. The molecule has 0 aliphatic rings. The monoisotopic (exact) mass is 299 g/mol. The topological polar surface area (TPSA) is 100 Å². The first kappa shape index (κ1) is 15.8. The van der Waals surface area contributed by atoms with E-state index < -0.39 is 11.8 Å². The minimum absolute atomic E-state index is 0.0841. The molecule has 0 aromatic heterocycles. The fraction of sp³-hybridized carbons (Fsp3) is 0.250. The molecule has 8 heteroatoms. The lowest BCUT2D eigenvalue weighted by Crippen LogP contribution is -2.37. The van der Waals surface area contributed by atoms with Crippen molar-refractivity contribution in [3.05, 3.63) is 22.7 Å². The van der Waals surface area contributed by atoms with Crippen LogP contribution in [-0.2, 0) is 9.59 Å². The minimum atomic E-state index is -0.875. The van der Waals surface area contributed by atoms with Crippen LogP contribution >= 0.6 is 11.6 Å². The van der Waals surface area contributed by atoms with E-state index in [1.807, 2.05) is 0 Å². The van der Waals surface area contributed by atoms with Crippen LogP contribution in [0.2, 0.25) is 5.02 Å². The first-order chi connectivity index (χ1) is 9.49. The number of rotatable bonds is 4. The van der Waals surface area contributed by atoms with Crippen LogP contribution in [0, 0.1) is 0 Å². The van der Waals surface area contributed by atoms with Crippen molar-refractivity contribution in [2.75, 3.05) is 13.7 Å². The molecule has 0 spiro atoms. The number of halogens is 1. The minimum Gasteiger partial charge on any atom is -0.503 e. The van der Waals surface area contributed by atoms with E-state index in [4.69, 9.17) is 16.3 Å². The maximum Gasteiger partial charge on any atom is 0.329 e. The molecule has 3 N–H and O–H groups in total. The van der Waals surface area contributed by atoms with Gasteiger partial charge in [-0.15, -0.1) is 0 Å². The van der Waals surface area contributed by atoms with Gasteiger partial charge in [0.05, 0.1) is 18.3 Å². The number of aromatic hydroxyl groups is 1. The lowest BCUT2D eigenvalue weighted by Gasteiger charge is -2.06. The highest BCUT2D eigenvalue weighted by atomic mass is 35.5. The number of hydrogen-bond donors (Lipinski definition) is 3. The van der Waals surface area contributed by atoms with Crippen molar-refractivity contribution >= 4 is 29.6 Å². The number of amides is 2. The highest BCUT2D eigenvalue weighted by molar-refractivity contribution is 6.35. The number of phenolic OH excluding ortho intramolecular Hbond substituents is 1. The molecule has 0 radical (unpaired) electrons. The third-order valence-corrected chi connectivity index (χ3v) is 2.48. The Labute approximate surface area is 120 Å². The van der Waals surface area contributed by atoms with E-state index in [2.05, 4.69) is 15.8 Å². The lowest BCUT2D eigenvalue weighted by atomic mass is 10.2. The Morgan fingerprint density at radius 1 is 1.45 bits per heavy atom. The molecule has 0 bridgehead atoms. The summed E-state index contributed by atoms with van der Waals surface area (Å²) in [7, 11) is 1.38. The third-order valence-electron chi connectivity index (χ3n) is 2.19. The van der Waals surface area contributed by atoms with E-state index in [1.165, 1.54) is 25.5 Å². The van der Waals surface area contributed by atoms with Gasteiger partial charge in [0.15, 0.2) is 11.5 Å². The Morgan fingerprint density at radius 2 is 2.15 bits per heavy atom. The predicted octanol–water partition coefficient (Wildman–Crippen LogP) is 0.640. The van der Waals surface area contributed by atoms with Crippen LogP contribution < -0.4 is 15.5 Å².